The van der Waals surface area contributed by atoms with Crippen LogP contribution in [0.4, 0.5) is 8.78 Å². The number of hydrazine groups is 1. The highest BCUT2D eigenvalue weighted by Gasteiger charge is 2.16. The summed E-state index contributed by atoms with van der Waals surface area (Å²) in [6.07, 6.45) is 0.503. The molecule has 20 heavy (non-hydrogen) atoms. The minimum atomic E-state index is -0.347. The first-order chi connectivity index (χ1) is 9.51. The van der Waals surface area contributed by atoms with Gasteiger partial charge in [-0.2, -0.15) is 0 Å². The summed E-state index contributed by atoms with van der Waals surface area (Å²) in [5, 5.41) is 0. The second-order valence-corrected chi connectivity index (χ2v) is 5.02. The van der Waals surface area contributed by atoms with Crippen molar-refractivity contribution < 1.29 is 8.78 Å². The van der Waals surface area contributed by atoms with Crippen LogP contribution in [0.15, 0.2) is 36.4 Å². The Labute approximate surface area is 117 Å². The Bertz CT molecular complexity index is 611. The third-order valence-corrected chi connectivity index (χ3v) is 3.46. The molecule has 0 aliphatic carbocycles. The first-order valence-electron chi connectivity index (χ1n) is 6.48. The van der Waals surface area contributed by atoms with Crippen molar-refractivity contribution in [2.75, 3.05) is 0 Å². The lowest BCUT2D eigenvalue weighted by Crippen LogP contribution is -2.30. The molecule has 4 heteroatoms. The van der Waals surface area contributed by atoms with Gasteiger partial charge in [-0.05, 0) is 55.2 Å². The third-order valence-electron chi connectivity index (χ3n) is 3.46. The maximum Gasteiger partial charge on any atom is 0.128 e. The molecule has 0 saturated carbocycles. The van der Waals surface area contributed by atoms with Crippen LogP contribution in [0.2, 0.25) is 0 Å². The summed E-state index contributed by atoms with van der Waals surface area (Å²) < 4.78 is 27.1. The zero-order chi connectivity index (χ0) is 14.7. The average Bonchev–Trinajstić information content (AvgIpc) is 2.39. The first kappa shape index (κ1) is 14.6. The van der Waals surface area contributed by atoms with E-state index < -0.39 is 0 Å². The Morgan fingerprint density at radius 2 is 1.85 bits per heavy atom. The highest BCUT2D eigenvalue weighted by molar-refractivity contribution is 5.31. The van der Waals surface area contributed by atoms with Gasteiger partial charge < -0.3 is 0 Å². The summed E-state index contributed by atoms with van der Waals surface area (Å²) >= 11 is 0. The summed E-state index contributed by atoms with van der Waals surface area (Å²) in [4.78, 5) is 0. The average molecular weight is 276 g/mol. The Kier molecular flexibility index (Phi) is 4.47. The second kappa shape index (κ2) is 6.11. The SMILES string of the molecule is Cc1ccc(C(Cc2ccc(F)cc2C)NN)c(F)c1. The van der Waals surface area contributed by atoms with Crippen LogP contribution in [-0.4, -0.2) is 0 Å². The van der Waals surface area contributed by atoms with Crippen LogP contribution >= 0.6 is 0 Å². The van der Waals surface area contributed by atoms with Gasteiger partial charge in [0.05, 0.1) is 6.04 Å². The van der Waals surface area contributed by atoms with E-state index in [0.717, 1.165) is 16.7 Å². The van der Waals surface area contributed by atoms with E-state index in [1.807, 2.05) is 19.9 Å². The minimum absolute atomic E-state index is 0.273. The molecule has 0 spiro atoms. The van der Waals surface area contributed by atoms with Crippen LogP contribution in [0.3, 0.4) is 0 Å². The van der Waals surface area contributed by atoms with Crippen LogP contribution < -0.4 is 11.3 Å². The van der Waals surface area contributed by atoms with E-state index >= 15 is 0 Å². The molecule has 0 bridgehead atoms. The van der Waals surface area contributed by atoms with Crippen molar-refractivity contribution in [1.29, 1.82) is 0 Å². The lowest BCUT2D eigenvalue weighted by atomic mass is 9.95. The highest BCUT2D eigenvalue weighted by atomic mass is 19.1. The van der Waals surface area contributed by atoms with Crippen LogP contribution in [-0.2, 0) is 6.42 Å². The summed E-state index contributed by atoms with van der Waals surface area (Å²) in [7, 11) is 0. The van der Waals surface area contributed by atoms with Crippen molar-refractivity contribution in [1.82, 2.24) is 5.43 Å². The Morgan fingerprint density at radius 1 is 1.10 bits per heavy atom. The van der Waals surface area contributed by atoms with E-state index in [9.17, 15) is 8.78 Å². The predicted octanol–water partition coefficient (Wildman–Crippen LogP) is 3.33. The van der Waals surface area contributed by atoms with Gasteiger partial charge in [0.15, 0.2) is 0 Å². The zero-order valence-corrected chi connectivity index (χ0v) is 11.6. The monoisotopic (exact) mass is 276 g/mol. The quantitative estimate of drug-likeness (QED) is 0.664. The van der Waals surface area contributed by atoms with Gasteiger partial charge in [0.25, 0.3) is 0 Å². The van der Waals surface area contributed by atoms with Gasteiger partial charge in [-0.3, -0.25) is 11.3 Å². The van der Waals surface area contributed by atoms with Gasteiger partial charge in [0.2, 0.25) is 0 Å². The van der Waals surface area contributed by atoms with E-state index in [2.05, 4.69) is 5.43 Å². The van der Waals surface area contributed by atoms with E-state index in [0.29, 0.717) is 12.0 Å². The van der Waals surface area contributed by atoms with Gasteiger partial charge in [0.1, 0.15) is 11.6 Å². The molecular weight excluding hydrogens is 258 g/mol. The molecule has 0 aromatic heterocycles. The van der Waals surface area contributed by atoms with E-state index in [-0.39, 0.29) is 17.7 Å². The Hall–Kier alpha value is -1.78. The Morgan fingerprint density at radius 3 is 2.45 bits per heavy atom. The maximum absolute atomic E-state index is 14.0. The molecule has 0 radical (unpaired) electrons. The fourth-order valence-electron chi connectivity index (χ4n) is 2.28. The molecule has 2 aromatic carbocycles. The molecule has 106 valence electrons. The molecule has 0 fully saturated rings. The van der Waals surface area contributed by atoms with Crippen molar-refractivity contribution >= 4 is 0 Å². The van der Waals surface area contributed by atoms with Gasteiger partial charge in [-0.1, -0.05) is 18.2 Å². The predicted molar refractivity (Wildman–Crippen MR) is 76.0 cm³/mol. The van der Waals surface area contributed by atoms with Crippen LogP contribution in [0.5, 0.6) is 0 Å². The molecule has 3 N–H and O–H groups in total. The topological polar surface area (TPSA) is 38.0 Å². The van der Waals surface area contributed by atoms with Crippen LogP contribution in [0, 0.1) is 25.5 Å². The maximum atomic E-state index is 14.0. The number of hydrogen-bond donors (Lipinski definition) is 2. The number of aryl methyl sites for hydroxylation is 2. The lowest BCUT2D eigenvalue weighted by Gasteiger charge is -2.18. The summed E-state index contributed by atoms with van der Waals surface area (Å²) in [6, 6.07) is 9.29. The van der Waals surface area contributed by atoms with Crippen molar-refractivity contribution in [2.45, 2.75) is 26.3 Å². The molecule has 0 heterocycles. The molecular formula is C16H18F2N2. The van der Waals surface area contributed by atoms with Crippen molar-refractivity contribution in [2.24, 2.45) is 5.84 Å². The van der Waals surface area contributed by atoms with Gasteiger partial charge in [-0.15, -0.1) is 0 Å². The zero-order valence-electron chi connectivity index (χ0n) is 11.6. The summed E-state index contributed by atoms with van der Waals surface area (Å²) in [5.41, 5.74) is 5.78. The fraction of sp³-hybridized carbons (Fsp3) is 0.250. The summed E-state index contributed by atoms with van der Waals surface area (Å²) in [5.74, 6) is 4.99. The van der Waals surface area contributed by atoms with Crippen LogP contribution in [0.25, 0.3) is 0 Å². The number of halogens is 2. The largest absolute Gasteiger partial charge is 0.271 e. The molecule has 0 aliphatic rings. The molecule has 2 rings (SSSR count). The molecule has 0 aliphatic heterocycles. The third kappa shape index (κ3) is 3.21. The summed E-state index contributed by atoms with van der Waals surface area (Å²) in [6.45, 7) is 3.67. The fourth-order valence-corrected chi connectivity index (χ4v) is 2.28. The number of hydrogen-bond acceptors (Lipinski definition) is 2. The lowest BCUT2D eigenvalue weighted by molar-refractivity contribution is 0.509. The molecule has 1 atom stereocenters. The van der Waals surface area contributed by atoms with Gasteiger partial charge in [0, 0.05) is 5.56 Å². The van der Waals surface area contributed by atoms with E-state index in [4.69, 9.17) is 5.84 Å². The first-order valence-corrected chi connectivity index (χ1v) is 6.48. The standard InChI is InChI=1S/C16H18F2N2/c1-10-3-6-14(15(18)7-10)16(20-19)9-12-4-5-13(17)8-11(12)2/h3-8,16,20H,9,19H2,1-2H3. The minimum Gasteiger partial charge on any atom is -0.271 e. The highest BCUT2D eigenvalue weighted by Crippen LogP contribution is 2.23. The van der Waals surface area contributed by atoms with Crippen molar-refractivity contribution in [3.8, 4) is 0 Å². The van der Waals surface area contributed by atoms with Crippen molar-refractivity contribution in [3.05, 3.63) is 70.3 Å². The van der Waals surface area contributed by atoms with Crippen molar-refractivity contribution in [3.63, 3.8) is 0 Å². The number of benzene rings is 2. The molecule has 2 nitrogen and oxygen atoms in total. The number of nitrogens with two attached hydrogens (primary N) is 1. The van der Waals surface area contributed by atoms with Crippen LogP contribution in [0.1, 0.15) is 28.3 Å². The smallest absolute Gasteiger partial charge is 0.128 e. The number of nitrogens with one attached hydrogen (secondary N) is 1. The normalized spacial score (nSPS) is 12.4. The van der Waals surface area contributed by atoms with Gasteiger partial charge >= 0.3 is 0 Å². The molecule has 0 amide bonds. The second-order valence-electron chi connectivity index (χ2n) is 5.02. The molecule has 2 aromatic rings. The molecule has 1 unspecified atom stereocenters. The van der Waals surface area contributed by atoms with E-state index in [1.54, 1.807) is 12.1 Å². The van der Waals surface area contributed by atoms with E-state index in [1.165, 1.54) is 18.2 Å². The number of rotatable bonds is 4. The Balaban J connectivity index is 2.28. The molecule has 0 saturated heterocycles. The van der Waals surface area contributed by atoms with Gasteiger partial charge in [-0.25, -0.2) is 8.78 Å².